The van der Waals surface area contributed by atoms with Crippen molar-refractivity contribution in [1.82, 2.24) is 0 Å². The molecular weight excluding hydrogens is 217 g/mol. The maximum atomic E-state index is 0. The van der Waals surface area contributed by atoms with Gasteiger partial charge in [-0.15, -0.1) is 29.4 Å². The third-order valence-electron chi connectivity index (χ3n) is 0. The van der Waals surface area contributed by atoms with Gasteiger partial charge in [0.25, 0.3) is 0 Å². The third kappa shape index (κ3) is 17.6. The molecule has 0 aromatic heterocycles. The van der Waals surface area contributed by atoms with E-state index in [9.17, 15) is 0 Å². The molecular formula is H5BrClK2Na. The van der Waals surface area contributed by atoms with E-state index in [1.165, 1.54) is 0 Å². The predicted octanol–water partition coefficient (Wildman–Crippen LogP) is -7.65. The van der Waals surface area contributed by atoms with Crippen molar-refractivity contribution in [3.8, 4) is 0 Å². The van der Waals surface area contributed by atoms with E-state index in [2.05, 4.69) is 0 Å². The van der Waals surface area contributed by atoms with Crippen LogP contribution in [0.2, 0.25) is 0 Å². The molecule has 0 N–H and O–H groups in total. The van der Waals surface area contributed by atoms with Gasteiger partial charge in [-0.1, -0.05) is 0 Å². The zero-order valence-electron chi connectivity index (χ0n) is 6.82. The Hall–Kier alpha value is 5.04. The van der Waals surface area contributed by atoms with Gasteiger partial charge >= 0.3 is 132 Å². The summed E-state index contributed by atoms with van der Waals surface area (Å²) in [5, 5.41) is 0. The summed E-state index contributed by atoms with van der Waals surface area (Å²) >= 11 is 0. The van der Waals surface area contributed by atoms with E-state index in [1.54, 1.807) is 0 Å². The molecule has 0 saturated carbocycles. The van der Waals surface area contributed by atoms with Crippen molar-refractivity contribution in [3.63, 3.8) is 0 Å². The van der Waals surface area contributed by atoms with Crippen LogP contribution in [0.5, 0.6) is 0 Å². The van der Waals surface area contributed by atoms with Gasteiger partial charge in [0.1, 0.15) is 0 Å². The Bertz CT molecular complexity index is 17.2. The quantitative estimate of drug-likeness (QED) is 0.357. The largest absolute Gasteiger partial charge is 1.00 e. The summed E-state index contributed by atoms with van der Waals surface area (Å²) in [5.74, 6) is 0. The van der Waals surface area contributed by atoms with Crippen LogP contribution in [-0.2, 0) is 0 Å². The molecule has 0 fully saturated rings. The van der Waals surface area contributed by atoms with Gasteiger partial charge in [0.05, 0.1) is 0 Å². The second-order valence-electron chi connectivity index (χ2n) is 0. The summed E-state index contributed by atoms with van der Waals surface area (Å²) in [5.41, 5.74) is 0. The molecule has 0 aliphatic heterocycles. The first kappa shape index (κ1) is 32.3. The minimum atomic E-state index is 0. The molecule has 5 heavy (non-hydrogen) atoms. The van der Waals surface area contributed by atoms with Crippen molar-refractivity contribution in [2.24, 2.45) is 0 Å². The summed E-state index contributed by atoms with van der Waals surface area (Å²) in [7, 11) is 0. The van der Waals surface area contributed by atoms with Crippen molar-refractivity contribution in [2.75, 3.05) is 0 Å². The van der Waals surface area contributed by atoms with Gasteiger partial charge in [-0.3, -0.25) is 0 Å². The monoisotopic (exact) mass is 220 g/mol. The molecule has 5 heteroatoms. The zero-order valence-corrected chi connectivity index (χ0v) is 14.6. The first-order chi connectivity index (χ1) is 0. The third-order valence-corrected chi connectivity index (χ3v) is 0. The first-order valence-electron chi connectivity index (χ1n) is 0. The fraction of sp³-hybridized carbons (Fsp3) is 0. The van der Waals surface area contributed by atoms with Gasteiger partial charge in [-0.2, -0.15) is 0 Å². The second-order valence-corrected chi connectivity index (χ2v) is 0. The van der Waals surface area contributed by atoms with E-state index in [-0.39, 0.29) is 166 Å². The number of hydrogen-bond acceptors (Lipinski definition) is 0. The molecule has 0 spiro atoms. The van der Waals surface area contributed by atoms with Crippen LogP contribution in [0.4, 0.5) is 0 Å². The van der Waals surface area contributed by atoms with E-state index in [0.29, 0.717) is 0 Å². The van der Waals surface area contributed by atoms with Gasteiger partial charge in [0.15, 0.2) is 0 Å². The molecule has 0 amide bonds. The van der Waals surface area contributed by atoms with E-state index in [0.717, 1.165) is 0 Å². The minimum absolute atomic E-state index is 0. The summed E-state index contributed by atoms with van der Waals surface area (Å²) < 4.78 is 0. The van der Waals surface area contributed by atoms with Crippen molar-refractivity contribution in [1.29, 1.82) is 0 Å². The Balaban J connectivity index is 0. The van der Waals surface area contributed by atoms with E-state index >= 15 is 0 Å². The molecule has 0 nitrogen and oxygen atoms in total. The minimum Gasteiger partial charge on any atom is -1.00 e. The standard InChI is InChI=1S/BrH.ClH.2K.Na.3H/h2*1H;;;;;;/q;;3*+1;3*-1. The summed E-state index contributed by atoms with van der Waals surface area (Å²) in [6, 6.07) is 0. The van der Waals surface area contributed by atoms with Crippen LogP contribution in [0.3, 0.4) is 0 Å². The molecule has 0 aliphatic carbocycles. The van der Waals surface area contributed by atoms with Gasteiger partial charge in [-0.05, 0) is 0 Å². The van der Waals surface area contributed by atoms with Crippen molar-refractivity contribution >= 4 is 29.4 Å². The molecule has 0 radical (unpaired) electrons. The van der Waals surface area contributed by atoms with Gasteiger partial charge < -0.3 is 4.28 Å². The molecule has 0 saturated heterocycles. The molecule has 0 heterocycles. The Morgan fingerprint density at radius 1 is 1.00 bits per heavy atom. The molecule has 22 valence electrons. The summed E-state index contributed by atoms with van der Waals surface area (Å²) in [4.78, 5) is 0. The van der Waals surface area contributed by atoms with Crippen LogP contribution in [0.1, 0.15) is 4.28 Å². The van der Waals surface area contributed by atoms with Gasteiger partial charge in [0.2, 0.25) is 0 Å². The van der Waals surface area contributed by atoms with Gasteiger partial charge in [-0.25, -0.2) is 0 Å². The Morgan fingerprint density at radius 3 is 1.00 bits per heavy atom. The van der Waals surface area contributed by atoms with E-state index in [1.807, 2.05) is 0 Å². The fourth-order valence-electron chi connectivity index (χ4n) is 0. The number of hydrogen-bond donors (Lipinski definition) is 0. The number of rotatable bonds is 0. The molecule has 0 rings (SSSR count). The topological polar surface area (TPSA) is 0 Å². The van der Waals surface area contributed by atoms with E-state index < -0.39 is 0 Å². The SMILES string of the molecule is Br.Cl.[H-].[H-].[H-].[K+].[K+].[Na+]. The van der Waals surface area contributed by atoms with Crippen molar-refractivity contribution < 1.29 is 137 Å². The van der Waals surface area contributed by atoms with Crippen LogP contribution in [0.25, 0.3) is 0 Å². The van der Waals surface area contributed by atoms with Gasteiger partial charge in [0, 0.05) is 0 Å². The average molecular weight is 222 g/mol. The maximum absolute atomic E-state index is 0. The first-order valence-corrected chi connectivity index (χ1v) is 0. The van der Waals surface area contributed by atoms with Crippen LogP contribution < -0.4 is 132 Å². The fourth-order valence-corrected chi connectivity index (χ4v) is 0. The molecule has 0 bridgehead atoms. The Kier molecular flexibility index (Phi) is 149. The zero-order chi connectivity index (χ0) is 0. The molecule has 0 aromatic rings. The molecule has 0 aromatic carbocycles. The molecule has 0 atom stereocenters. The van der Waals surface area contributed by atoms with Crippen molar-refractivity contribution in [3.05, 3.63) is 0 Å². The van der Waals surface area contributed by atoms with E-state index in [4.69, 9.17) is 0 Å². The number of halogens is 2. The summed E-state index contributed by atoms with van der Waals surface area (Å²) in [6.07, 6.45) is 0. The van der Waals surface area contributed by atoms with Crippen LogP contribution in [0, 0.1) is 0 Å². The van der Waals surface area contributed by atoms with Crippen molar-refractivity contribution in [2.45, 2.75) is 0 Å². The van der Waals surface area contributed by atoms with Crippen LogP contribution >= 0.6 is 29.4 Å². The maximum Gasteiger partial charge on any atom is 1.00 e. The predicted molar refractivity (Wildman–Crippen MR) is 20.9 cm³/mol. The smallest absolute Gasteiger partial charge is 1.00 e. The second kappa shape index (κ2) is 23.0. The normalized spacial score (nSPS) is 0. The summed E-state index contributed by atoms with van der Waals surface area (Å²) in [6.45, 7) is 0. The average Bonchev–Trinajstić information content (AvgIpc) is 0. The Morgan fingerprint density at radius 2 is 1.00 bits per heavy atom. The van der Waals surface area contributed by atoms with Crippen LogP contribution in [0.15, 0.2) is 0 Å². The molecule has 0 unspecified atom stereocenters. The Labute approximate surface area is 161 Å². The van der Waals surface area contributed by atoms with Crippen LogP contribution in [-0.4, -0.2) is 0 Å². The molecule has 0 aliphatic rings.